The number of phenols is 2. The van der Waals surface area contributed by atoms with E-state index in [1.54, 1.807) is 30.3 Å². The molecular weight excluding hydrogens is 398 g/mol. The monoisotopic (exact) mass is 413 g/mol. The summed E-state index contributed by atoms with van der Waals surface area (Å²) in [5, 5.41) is 35.3. The molecule has 0 spiro atoms. The van der Waals surface area contributed by atoms with Crippen LogP contribution in [0.2, 0.25) is 0 Å². The van der Waals surface area contributed by atoms with E-state index in [-0.39, 0.29) is 17.0 Å². The predicted molar refractivity (Wildman–Crippen MR) is 102 cm³/mol. The lowest BCUT2D eigenvalue weighted by molar-refractivity contribution is -0.384. The Labute approximate surface area is 168 Å². The number of nitro benzene ring substituents is 1. The minimum atomic E-state index is -1.01. The van der Waals surface area contributed by atoms with Gasteiger partial charge in [0.25, 0.3) is 5.69 Å². The average molecular weight is 413 g/mol. The van der Waals surface area contributed by atoms with E-state index >= 15 is 0 Å². The number of aromatic nitrogens is 2. The van der Waals surface area contributed by atoms with Crippen molar-refractivity contribution in [2.75, 3.05) is 14.2 Å². The molecule has 0 aliphatic rings. The number of aromatic hydroxyl groups is 2. The highest BCUT2D eigenvalue weighted by atomic mass is 16.6. The fourth-order valence-electron chi connectivity index (χ4n) is 2.85. The van der Waals surface area contributed by atoms with Crippen molar-refractivity contribution in [2.45, 2.75) is 0 Å². The van der Waals surface area contributed by atoms with Crippen LogP contribution < -0.4 is 0 Å². The van der Waals surface area contributed by atoms with E-state index in [0.717, 1.165) is 25.0 Å². The summed E-state index contributed by atoms with van der Waals surface area (Å²) in [4.78, 5) is 35.8. The van der Waals surface area contributed by atoms with Gasteiger partial charge in [0.2, 0.25) is 0 Å². The quantitative estimate of drug-likeness (QED) is 0.278. The van der Waals surface area contributed by atoms with Gasteiger partial charge < -0.3 is 19.7 Å². The van der Waals surface area contributed by atoms with Crippen molar-refractivity contribution in [2.24, 2.45) is 0 Å². The zero-order valence-corrected chi connectivity index (χ0v) is 15.7. The van der Waals surface area contributed by atoms with Crippen LogP contribution in [-0.4, -0.2) is 51.1 Å². The van der Waals surface area contributed by atoms with Gasteiger partial charge >= 0.3 is 11.9 Å². The number of rotatable bonds is 5. The number of ether oxygens (including phenoxy) is 2. The molecule has 1 heterocycles. The number of benzene rings is 2. The van der Waals surface area contributed by atoms with Gasteiger partial charge in [-0.05, 0) is 12.1 Å². The topological polar surface area (TPSA) is 154 Å². The maximum atomic E-state index is 12.6. The third kappa shape index (κ3) is 3.39. The molecule has 30 heavy (non-hydrogen) atoms. The summed E-state index contributed by atoms with van der Waals surface area (Å²) in [5.74, 6) is -3.36. The van der Waals surface area contributed by atoms with Gasteiger partial charge in [0.05, 0.1) is 36.5 Å². The van der Waals surface area contributed by atoms with E-state index in [4.69, 9.17) is 9.47 Å². The molecule has 0 amide bonds. The van der Waals surface area contributed by atoms with Crippen molar-refractivity contribution in [1.82, 2.24) is 9.78 Å². The lowest BCUT2D eigenvalue weighted by atomic mass is 10.0. The van der Waals surface area contributed by atoms with Gasteiger partial charge in [-0.25, -0.2) is 14.3 Å². The molecule has 0 fully saturated rings. The lowest BCUT2D eigenvalue weighted by Crippen LogP contribution is -2.15. The third-order valence-corrected chi connectivity index (χ3v) is 4.20. The van der Waals surface area contributed by atoms with Crippen LogP contribution in [0.4, 0.5) is 5.69 Å². The smallest absolute Gasteiger partial charge is 0.357 e. The molecule has 0 atom stereocenters. The molecule has 0 radical (unpaired) electrons. The SMILES string of the molecule is COC(=O)c1c(-c2cc(O)c(O)cc2[N+](=O)[O-])nn(-c2ccccc2)c1C(=O)OC. The highest BCUT2D eigenvalue weighted by Gasteiger charge is 2.34. The highest BCUT2D eigenvalue weighted by molar-refractivity contribution is 6.07. The van der Waals surface area contributed by atoms with Crippen LogP contribution >= 0.6 is 0 Å². The lowest BCUT2D eigenvalue weighted by Gasteiger charge is -2.07. The molecule has 11 nitrogen and oxygen atoms in total. The van der Waals surface area contributed by atoms with Gasteiger partial charge in [-0.15, -0.1) is 0 Å². The molecule has 2 aromatic carbocycles. The molecule has 3 rings (SSSR count). The average Bonchev–Trinajstić information content (AvgIpc) is 3.15. The Morgan fingerprint density at radius 2 is 1.63 bits per heavy atom. The molecule has 3 aromatic rings. The second-order valence-corrected chi connectivity index (χ2v) is 5.92. The summed E-state index contributed by atoms with van der Waals surface area (Å²) in [6.45, 7) is 0. The number of carbonyl (C=O) groups excluding carboxylic acids is 2. The van der Waals surface area contributed by atoms with E-state index in [1.807, 2.05) is 0 Å². The van der Waals surface area contributed by atoms with E-state index in [1.165, 1.54) is 0 Å². The van der Waals surface area contributed by atoms with Crippen LogP contribution in [0, 0.1) is 10.1 Å². The third-order valence-electron chi connectivity index (χ3n) is 4.20. The molecule has 0 saturated heterocycles. The molecule has 11 heteroatoms. The van der Waals surface area contributed by atoms with Gasteiger partial charge in [0.15, 0.2) is 17.2 Å². The summed E-state index contributed by atoms with van der Waals surface area (Å²) >= 11 is 0. The number of esters is 2. The maximum Gasteiger partial charge on any atom is 0.357 e. The largest absolute Gasteiger partial charge is 0.504 e. The van der Waals surface area contributed by atoms with Crippen molar-refractivity contribution in [3.8, 4) is 28.4 Å². The predicted octanol–water partition coefficient (Wildman–Crippen LogP) is 2.43. The van der Waals surface area contributed by atoms with Crippen molar-refractivity contribution in [3.63, 3.8) is 0 Å². The number of nitrogens with zero attached hydrogens (tertiary/aromatic N) is 3. The summed E-state index contributed by atoms with van der Waals surface area (Å²) in [5.41, 5.74) is -1.64. The summed E-state index contributed by atoms with van der Waals surface area (Å²) in [6.07, 6.45) is 0. The Hall–Kier alpha value is -4.41. The minimum absolute atomic E-state index is 0.310. The fourth-order valence-corrected chi connectivity index (χ4v) is 2.85. The van der Waals surface area contributed by atoms with Crippen molar-refractivity contribution in [1.29, 1.82) is 0 Å². The van der Waals surface area contributed by atoms with Crippen molar-refractivity contribution >= 4 is 17.6 Å². The molecule has 0 saturated carbocycles. The first-order valence-corrected chi connectivity index (χ1v) is 8.36. The number of para-hydroxylation sites is 1. The molecule has 0 unspecified atom stereocenters. The van der Waals surface area contributed by atoms with Crippen LogP contribution in [0.5, 0.6) is 11.5 Å². The van der Waals surface area contributed by atoms with E-state index in [2.05, 4.69) is 5.10 Å². The first kappa shape index (κ1) is 20.3. The molecule has 154 valence electrons. The summed E-state index contributed by atoms with van der Waals surface area (Å²) in [6, 6.07) is 9.80. The van der Waals surface area contributed by atoms with E-state index in [0.29, 0.717) is 11.8 Å². The number of hydrogen-bond acceptors (Lipinski definition) is 9. The van der Waals surface area contributed by atoms with E-state index < -0.39 is 39.6 Å². The van der Waals surface area contributed by atoms with Crippen LogP contribution in [0.1, 0.15) is 20.8 Å². The van der Waals surface area contributed by atoms with Gasteiger partial charge in [-0.3, -0.25) is 10.1 Å². The first-order valence-electron chi connectivity index (χ1n) is 8.36. The fraction of sp³-hybridized carbons (Fsp3) is 0.105. The first-order chi connectivity index (χ1) is 14.3. The molecule has 2 N–H and O–H groups in total. The van der Waals surface area contributed by atoms with Crippen LogP contribution in [-0.2, 0) is 9.47 Å². The van der Waals surface area contributed by atoms with Crippen molar-refractivity contribution < 1.29 is 34.2 Å². The number of phenolic OH excluding ortho intramolecular Hbond substituents is 2. The van der Waals surface area contributed by atoms with Gasteiger partial charge in [0, 0.05) is 6.07 Å². The molecule has 0 aliphatic heterocycles. The van der Waals surface area contributed by atoms with E-state index in [9.17, 15) is 29.9 Å². The number of hydrogen-bond donors (Lipinski definition) is 2. The zero-order chi connectivity index (χ0) is 22.0. The highest BCUT2D eigenvalue weighted by Crippen LogP contribution is 2.40. The number of carbonyl (C=O) groups is 2. The second kappa shape index (κ2) is 7.91. The standard InChI is InChI=1S/C19H15N3O8/c1-29-18(25)15-16(11-8-13(23)14(24)9-12(11)22(27)28)20-21(17(15)19(26)30-2)10-6-4-3-5-7-10/h3-9,23-24H,1-2H3. The Morgan fingerprint density at radius 3 is 2.20 bits per heavy atom. The Kier molecular flexibility index (Phi) is 5.36. The summed E-state index contributed by atoms with van der Waals surface area (Å²) in [7, 11) is 2.16. The van der Waals surface area contributed by atoms with Gasteiger partial charge in [-0.1, -0.05) is 18.2 Å². The Morgan fingerprint density at radius 1 is 1.03 bits per heavy atom. The molecule has 1 aromatic heterocycles. The number of methoxy groups -OCH3 is 2. The number of nitro groups is 1. The Bertz CT molecular complexity index is 1150. The van der Waals surface area contributed by atoms with Crippen LogP contribution in [0.3, 0.4) is 0 Å². The molecular formula is C19H15N3O8. The molecule has 0 aliphatic carbocycles. The molecule has 0 bridgehead atoms. The normalized spacial score (nSPS) is 10.5. The Balaban J connectivity index is 2.46. The van der Waals surface area contributed by atoms with Crippen LogP contribution in [0.25, 0.3) is 16.9 Å². The van der Waals surface area contributed by atoms with Crippen LogP contribution in [0.15, 0.2) is 42.5 Å². The maximum absolute atomic E-state index is 12.6. The van der Waals surface area contributed by atoms with Gasteiger partial charge in [0.1, 0.15) is 11.3 Å². The zero-order valence-electron chi connectivity index (χ0n) is 15.7. The van der Waals surface area contributed by atoms with Gasteiger partial charge in [-0.2, -0.15) is 5.10 Å². The minimum Gasteiger partial charge on any atom is -0.504 e. The summed E-state index contributed by atoms with van der Waals surface area (Å²) < 4.78 is 10.6. The van der Waals surface area contributed by atoms with Crippen molar-refractivity contribution in [3.05, 3.63) is 63.8 Å². The second-order valence-electron chi connectivity index (χ2n) is 5.92.